The van der Waals surface area contributed by atoms with E-state index in [-0.39, 0.29) is 37.7 Å². The third kappa shape index (κ3) is 3.96. The SMILES string of the molecule is CC(C)(C(=O)O)S(=O)(=O)C1(CN2CCn3c(cnc3C(=O)NCc3ccc(Cl)cc3)C2=O)CC1. The fraction of sp³-hybridized carbons (Fsp3) is 0.455. The van der Waals surface area contributed by atoms with Gasteiger partial charge in [0.05, 0.1) is 10.9 Å². The highest BCUT2D eigenvalue weighted by molar-refractivity contribution is 7.95. The first kappa shape index (κ1) is 24.2. The Kier molecular flexibility index (Phi) is 5.97. The molecular weight excluding hydrogens is 484 g/mol. The lowest BCUT2D eigenvalue weighted by Gasteiger charge is -2.34. The lowest BCUT2D eigenvalue weighted by molar-refractivity contribution is -0.139. The maximum absolute atomic E-state index is 13.1. The van der Waals surface area contributed by atoms with Crippen LogP contribution < -0.4 is 5.32 Å². The van der Waals surface area contributed by atoms with Crippen molar-refractivity contribution in [3.63, 3.8) is 0 Å². The number of sulfone groups is 1. The van der Waals surface area contributed by atoms with Gasteiger partial charge in [0.25, 0.3) is 11.8 Å². The number of benzene rings is 1. The largest absolute Gasteiger partial charge is 0.480 e. The molecule has 0 unspecified atom stereocenters. The number of hydrogen-bond donors (Lipinski definition) is 2. The lowest BCUT2D eigenvalue weighted by Crippen LogP contribution is -2.53. The van der Waals surface area contributed by atoms with Gasteiger partial charge in [-0.25, -0.2) is 13.4 Å². The molecule has 2 heterocycles. The number of rotatable bonds is 8. The number of aliphatic carboxylic acids is 1. The minimum absolute atomic E-state index is 0.0891. The number of halogens is 1. The second-order valence-electron chi connectivity index (χ2n) is 9.16. The maximum Gasteiger partial charge on any atom is 0.324 e. The number of nitrogens with zero attached hydrogens (tertiary/aromatic N) is 3. The van der Waals surface area contributed by atoms with Crippen molar-refractivity contribution >= 4 is 39.2 Å². The van der Waals surface area contributed by atoms with Gasteiger partial charge in [0.1, 0.15) is 5.69 Å². The van der Waals surface area contributed by atoms with Crippen LogP contribution in [0.2, 0.25) is 5.02 Å². The van der Waals surface area contributed by atoms with Gasteiger partial charge in [0.15, 0.2) is 20.4 Å². The fourth-order valence-electron chi connectivity index (χ4n) is 4.11. The average molecular weight is 509 g/mol. The van der Waals surface area contributed by atoms with E-state index < -0.39 is 37.1 Å². The summed E-state index contributed by atoms with van der Waals surface area (Å²) in [6, 6.07) is 7.02. The Balaban J connectivity index is 1.47. The summed E-state index contributed by atoms with van der Waals surface area (Å²) in [5.41, 5.74) is 1.04. The number of fused-ring (bicyclic) bond motifs is 1. The van der Waals surface area contributed by atoms with Crippen molar-refractivity contribution in [3.05, 3.63) is 52.6 Å². The van der Waals surface area contributed by atoms with E-state index in [4.69, 9.17) is 11.6 Å². The molecular formula is C22H25ClN4O6S. The average Bonchev–Trinajstić information content (AvgIpc) is 3.45. The first-order valence-corrected chi connectivity index (χ1v) is 12.6. The summed E-state index contributed by atoms with van der Waals surface area (Å²) < 4.78 is 24.5. The van der Waals surface area contributed by atoms with Crippen LogP contribution in [0.25, 0.3) is 0 Å². The number of amides is 2. The highest BCUT2D eigenvalue weighted by atomic mass is 35.5. The summed E-state index contributed by atoms with van der Waals surface area (Å²) in [6.07, 6.45) is 1.90. The Bertz CT molecular complexity index is 1260. The number of carboxylic acid groups (broad SMARTS) is 1. The molecule has 1 aromatic carbocycles. The van der Waals surface area contributed by atoms with Crippen LogP contribution in [0.15, 0.2) is 30.5 Å². The van der Waals surface area contributed by atoms with E-state index >= 15 is 0 Å². The highest BCUT2D eigenvalue weighted by Gasteiger charge is 2.63. The van der Waals surface area contributed by atoms with Crippen LogP contribution in [0.4, 0.5) is 0 Å². The standard InChI is InChI=1S/C22H25ClN4O6S/c1-21(2,20(30)31)34(32,33)22(7-8-22)13-26-9-10-27-16(19(26)29)12-24-17(27)18(28)25-11-14-3-5-15(23)6-4-14/h3-6,12H,7-11,13H2,1-2H3,(H,25,28)(H,30,31). The molecule has 0 atom stereocenters. The molecule has 0 bridgehead atoms. The molecule has 1 aromatic heterocycles. The zero-order valence-corrected chi connectivity index (χ0v) is 20.3. The molecule has 34 heavy (non-hydrogen) atoms. The minimum Gasteiger partial charge on any atom is -0.480 e. The Hall–Kier alpha value is -2.92. The topological polar surface area (TPSA) is 139 Å². The number of hydrogen-bond acceptors (Lipinski definition) is 6. The van der Waals surface area contributed by atoms with Crippen LogP contribution in [-0.4, -0.2) is 68.3 Å². The predicted molar refractivity (Wildman–Crippen MR) is 123 cm³/mol. The minimum atomic E-state index is -4.06. The highest BCUT2D eigenvalue weighted by Crippen LogP contribution is 2.49. The number of imidazole rings is 1. The summed E-state index contributed by atoms with van der Waals surface area (Å²) in [5, 5.41) is 12.8. The van der Waals surface area contributed by atoms with Gasteiger partial charge in [-0.2, -0.15) is 0 Å². The lowest BCUT2D eigenvalue weighted by atomic mass is 10.2. The molecule has 1 fully saturated rings. The Morgan fingerprint density at radius 3 is 2.44 bits per heavy atom. The van der Waals surface area contributed by atoms with Crippen molar-refractivity contribution in [2.24, 2.45) is 0 Å². The molecule has 1 aliphatic carbocycles. The molecule has 4 rings (SSSR count). The van der Waals surface area contributed by atoms with Gasteiger partial charge in [-0.15, -0.1) is 0 Å². The number of carboxylic acids is 1. The number of aromatic nitrogens is 2. The summed E-state index contributed by atoms with van der Waals surface area (Å²) in [6.45, 7) is 2.97. The number of carbonyl (C=O) groups excluding carboxylic acids is 2. The third-order valence-electron chi connectivity index (χ3n) is 6.57. The molecule has 0 saturated heterocycles. The molecule has 0 spiro atoms. The van der Waals surface area contributed by atoms with Crippen LogP contribution in [0, 0.1) is 0 Å². The van der Waals surface area contributed by atoms with Gasteiger partial charge in [-0.1, -0.05) is 23.7 Å². The molecule has 10 nitrogen and oxygen atoms in total. The second-order valence-corrected chi connectivity index (χ2v) is 12.5. The molecule has 2 aliphatic rings. The van der Waals surface area contributed by atoms with E-state index in [0.717, 1.165) is 5.56 Å². The van der Waals surface area contributed by atoms with Gasteiger partial charge < -0.3 is 19.9 Å². The van der Waals surface area contributed by atoms with Crippen LogP contribution in [0.5, 0.6) is 0 Å². The first-order valence-electron chi connectivity index (χ1n) is 10.7. The van der Waals surface area contributed by atoms with Crippen LogP contribution in [-0.2, 0) is 27.7 Å². The zero-order valence-electron chi connectivity index (χ0n) is 18.7. The zero-order chi connectivity index (χ0) is 24.9. The molecule has 182 valence electrons. The van der Waals surface area contributed by atoms with E-state index in [1.165, 1.54) is 29.5 Å². The molecule has 1 saturated carbocycles. The predicted octanol–water partition coefficient (Wildman–Crippen LogP) is 1.73. The smallest absolute Gasteiger partial charge is 0.324 e. The van der Waals surface area contributed by atoms with Crippen molar-refractivity contribution in [3.8, 4) is 0 Å². The van der Waals surface area contributed by atoms with Gasteiger partial charge >= 0.3 is 5.97 Å². The number of nitrogens with one attached hydrogen (secondary N) is 1. The van der Waals surface area contributed by atoms with E-state index in [2.05, 4.69) is 10.3 Å². The van der Waals surface area contributed by atoms with Crippen molar-refractivity contribution < 1.29 is 27.9 Å². The van der Waals surface area contributed by atoms with Gasteiger partial charge in [0.2, 0.25) is 0 Å². The molecule has 12 heteroatoms. The molecule has 1 aliphatic heterocycles. The van der Waals surface area contributed by atoms with Gasteiger partial charge in [0, 0.05) is 31.2 Å². The summed E-state index contributed by atoms with van der Waals surface area (Å²) in [4.78, 5) is 42.9. The summed E-state index contributed by atoms with van der Waals surface area (Å²) >= 11 is 5.87. The van der Waals surface area contributed by atoms with E-state index in [0.29, 0.717) is 17.9 Å². The Morgan fingerprint density at radius 2 is 1.85 bits per heavy atom. The van der Waals surface area contributed by atoms with E-state index in [1.54, 1.807) is 24.3 Å². The van der Waals surface area contributed by atoms with Gasteiger partial charge in [-0.05, 0) is 44.4 Å². The second kappa shape index (κ2) is 8.38. The fourth-order valence-corrected chi connectivity index (χ4v) is 6.51. The van der Waals surface area contributed by atoms with Crippen molar-refractivity contribution in [2.75, 3.05) is 13.1 Å². The maximum atomic E-state index is 13.1. The van der Waals surface area contributed by atoms with Crippen molar-refractivity contribution in [1.29, 1.82) is 0 Å². The summed E-state index contributed by atoms with van der Waals surface area (Å²) in [7, 11) is -4.06. The van der Waals surface area contributed by atoms with Crippen molar-refractivity contribution in [2.45, 2.75) is 49.3 Å². The number of carbonyl (C=O) groups is 3. The summed E-state index contributed by atoms with van der Waals surface area (Å²) in [5.74, 6) is -2.20. The van der Waals surface area contributed by atoms with E-state index in [1.807, 2.05) is 0 Å². The Morgan fingerprint density at radius 1 is 1.21 bits per heavy atom. The van der Waals surface area contributed by atoms with E-state index in [9.17, 15) is 27.9 Å². The Labute approximate surface area is 201 Å². The molecule has 2 N–H and O–H groups in total. The van der Waals surface area contributed by atoms with Gasteiger partial charge in [-0.3, -0.25) is 14.4 Å². The van der Waals surface area contributed by atoms with Crippen LogP contribution in [0.3, 0.4) is 0 Å². The molecule has 2 aromatic rings. The van der Waals surface area contributed by atoms with Crippen LogP contribution >= 0.6 is 11.6 Å². The van der Waals surface area contributed by atoms with Crippen molar-refractivity contribution in [1.82, 2.24) is 19.8 Å². The molecule has 0 radical (unpaired) electrons. The quantitative estimate of drug-likeness (QED) is 0.553. The normalized spacial score (nSPS) is 17.3. The third-order valence-corrected chi connectivity index (χ3v) is 10.0. The first-order chi connectivity index (χ1) is 15.9. The monoisotopic (exact) mass is 508 g/mol. The molecule has 2 amide bonds. The van der Waals surface area contributed by atoms with Crippen LogP contribution in [0.1, 0.15) is 53.4 Å².